The molecule has 0 N–H and O–H groups in total. The van der Waals surface area contributed by atoms with Gasteiger partial charge in [0.25, 0.3) is 0 Å². The Labute approximate surface area is 78.3 Å². The lowest BCUT2D eigenvalue weighted by atomic mass is 10.1. The first kappa shape index (κ1) is 10.2. The van der Waals surface area contributed by atoms with Crippen LogP contribution in [0.4, 0.5) is 8.22 Å². The van der Waals surface area contributed by atoms with E-state index in [9.17, 15) is 8.22 Å². The minimum atomic E-state index is -3.11. The molecular formula is C9H11F2OSi. The first-order chi connectivity index (χ1) is 6.24. The maximum absolute atomic E-state index is 12.0. The summed E-state index contributed by atoms with van der Waals surface area (Å²) in [6, 6.07) is 7.27. The van der Waals surface area contributed by atoms with E-state index < -0.39 is 9.46 Å². The highest BCUT2D eigenvalue weighted by Crippen LogP contribution is 2.19. The fourth-order valence-electron chi connectivity index (χ4n) is 1.14. The Kier molecular flexibility index (Phi) is 3.89. The van der Waals surface area contributed by atoms with Crippen LogP contribution in [0.5, 0.6) is 5.75 Å². The van der Waals surface area contributed by atoms with Gasteiger partial charge in [0.15, 0.2) is 0 Å². The van der Waals surface area contributed by atoms with Gasteiger partial charge in [-0.05, 0) is 18.1 Å². The van der Waals surface area contributed by atoms with Crippen molar-refractivity contribution in [3.05, 3.63) is 29.8 Å². The standard InChI is InChI=1S/C9H11F2OSi/c1-12-9-5-3-2-4-8(9)6-7-13(10)11/h2-5H,6-7H2,1H3. The summed E-state index contributed by atoms with van der Waals surface area (Å²) in [5.41, 5.74) is 0.864. The average molecular weight is 201 g/mol. The summed E-state index contributed by atoms with van der Waals surface area (Å²) >= 11 is 0. The smallest absolute Gasteiger partial charge is 0.477 e. The number of aryl methyl sites for hydroxylation is 1. The third-order valence-corrected chi connectivity index (χ3v) is 2.40. The molecule has 0 atom stereocenters. The Balaban J connectivity index is 2.64. The van der Waals surface area contributed by atoms with Gasteiger partial charge in [0.1, 0.15) is 5.75 Å². The first-order valence-electron chi connectivity index (χ1n) is 4.02. The predicted molar refractivity (Wildman–Crippen MR) is 49.5 cm³/mol. The monoisotopic (exact) mass is 201 g/mol. The van der Waals surface area contributed by atoms with Gasteiger partial charge >= 0.3 is 9.46 Å². The first-order valence-corrected chi connectivity index (χ1v) is 5.49. The molecule has 0 saturated carbocycles. The molecule has 1 radical (unpaired) electrons. The molecule has 0 aliphatic carbocycles. The molecule has 0 bridgehead atoms. The molecule has 13 heavy (non-hydrogen) atoms. The summed E-state index contributed by atoms with van der Waals surface area (Å²) in [7, 11) is -1.56. The molecular weight excluding hydrogens is 190 g/mol. The zero-order valence-electron chi connectivity index (χ0n) is 7.39. The van der Waals surface area contributed by atoms with Crippen LogP contribution in [-0.2, 0) is 6.42 Å². The molecule has 0 saturated heterocycles. The normalized spacial score (nSPS) is 10.5. The van der Waals surface area contributed by atoms with Crippen LogP contribution in [0.2, 0.25) is 6.04 Å². The number of benzene rings is 1. The van der Waals surface area contributed by atoms with Crippen molar-refractivity contribution in [2.45, 2.75) is 12.5 Å². The molecule has 1 rings (SSSR count). The quantitative estimate of drug-likeness (QED) is 0.537. The fourth-order valence-corrected chi connectivity index (χ4v) is 1.60. The number of hydrogen-bond acceptors (Lipinski definition) is 1. The lowest BCUT2D eigenvalue weighted by molar-refractivity contribution is 0.410. The second-order valence-corrected chi connectivity index (χ2v) is 3.83. The van der Waals surface area contributed by atoms with Crippen LogP contribution in [0.15, 0.2) is 24.3 Å². The highest BCUT2D eigenvalue weighted by Gasteiger charge is 2.11. The Morgan fingerprint density at radius 3 is 2.62 bits per heavy atom. The Morgan fingerprint density at radius 1 is 1.31 bits per heavy atom. The van der Waals surface area contributed by atoms with Gasteiger partial charge in [0.2, 0.25) is 0 Å². The molecule has 0 aliphatic rings. The second kappa shape index (κ2) is 4.96. The van der Waals surface area contributed by atoms with E-state index in [1.807, 2.05) is 18.2 Å². The molecule has 0 aromatic heterocycles. The molecule has 0 amide bonds. The maximum atomic E-state index is 12.0. The summed E-state index contributed by atoms with van der Waals surface area (Å²) in [5, 5.41) is 0. The lowest BCUT2D eigenvalue weighted by Crippen LogP contribution is -1.99. The molecule has 71 valence electrons. The summed E-state index contributed by atoms with van der Waals surface area (Å²) in [6.07, 6.45) is 0.408. The topological polar surface area (TPSA) is 9.23 Å². The zero-order chi connectivity index (χ0) is 9.68. The van der Waals surface area contributed by atoms with Crippen molar-refractivity contribution in [3.63, 3.8) is 0 Å². The van der Waals surface area contributed by atoms with E-state index in [2.05, 4.69) is 0 Å². The molecule has 4 heteroatoms. The van der Waals surface area contributed by atoms with E-state index in [1.54, 1.807) is 13.2 Å². The minimum Gasteiger partial charge on any atom is -0.496 e. The molecule has 0 aliphatic heterocycles. The van der Waals surface area contributed by atoms with Crippen molar-refractivity contribution >= 4 is 9.46 Å². The van der Waals surface area contributed by atoms with E-state index in [1.165, 1.54) is 0 Å². The van der Waals surface area contributed by atoms with Crippen molar-refractivity contribution in [1.82, 2.24) is 0 Å². The van der Waals surface area contributed by atoms with Gasteiger partial charge in [0, 0.05) is 6.04 Å². The number of ether oxygens (including phenoxy) is 1. The number of rotatable bonds is 4. The van der Waals surface area contributed by atoms with Gasteiger partial charge in [-0.3, -0.25) is 8.22 Å². The van der Waals surface area contributed by atoms with Crippen molar-refractivity contribution in [3.8, 4) is 5.75 Å². The number of methoxy groups -OCH3 is 1. The third-order valence-electron chi connectivity index (χ3n) is 1.78. The van der Waals surface area contributed by atoms with Crippen molar-refractivity contribution in [1.29, 1.82) is 0 Å². The molecule has 0 heterocycles. The average Bonchev–Trinajstić information content (AvgIpc) is 2.15. The van der Waals surface area contributed by atoms with Crippen LogP contribution in [0.25, 0.3) is 0 Å². The van der Waals surface area contributed by atoms with Crippen LogP contribution >= 0.6 is 0 Å². The van der Waals surface area contributed by atoms with E-state index in [-0.39, 0.29) is 6.04 Å². The Morgan fingerprint density at radius 2 is 2.00 bits per heavy atom. The number of hydrogen-bond donors (Lipinski definition) is 0. The van der Waals surface area contributed by atoms with Gasteiger partial charge in [-0.15, -0.1) is 0 Å². The zero-order valence-corrected chi connectivity index (χ0v) is 8.39. The van der Waals surface area contributed by atoms with Crippen LogP contribution < -0.4 is 4.74 Å². The highest BCUT2D eigenvalue weighted by molar-refractivity contribution is 6.42. The van der Waals surface area contributed by atoms with Gasteiger partial charge in [-0.25, -0.2) is 0 Å². The predicted octanol–water partition coefficient (Wildman–Crippen LogP) is 2.66. The second-order valence-electron chi connectivity index (χ2n) is 2.65. The molecule has 0 fully saturated rings. The number of halogens is 2. The SMILES string of the molecule is COc1ccccc1CC[Si](F)F. The van der Waals surface area contributed by atoms with Crippen LogP contribution in [0, 0.1) is 0 Å². The Bertz CT molecular complexity index is 266. The van der Waals surface area contributed by atoms with Crippen molar-refractivity contribution in [2.24, 2.45) is 0 Å². The van der Waals surface area contributed by atoms with Crippen LogP contribution in [0.1, 0.15) is 5.56 Å². The summed E-state index contributed by atoms with van der Waals surface area (Å²) in [5.74, 6) is 0.700. The maximum Gasteiger partial charge on any atom is 0.477 e. The molecule has 0 spiro atoms. The summed E-state index contributed by atoms with van der Waals surface area (Å²) in [6.45, 7) is 0. The van der Waals surface area contributed by atoms with Gasteiger partial charge < -0.3 is 4.74 Å². The van der Waals surface area contributed by atoms with E-state index >= 15 is 0 Å². The summed E-state index contributed by atoms with van der Waals surface area (Å²) in [4.78, 5) is 0. The number of para-hydroxylation sites is 1. The summed E-state index contributed by atoms with van der Waals surface area (Å²) < 4.78 is 29.1. The third kappa shape index (κ3) is 3.14. The fraction of sp³-hybridized carbons (Fsp3) is 0.333. The highest BCUT2D eigenvalue weighted by atomic mass is 28.4. The largest absolute Gasteiger partial charge is 0.496 e. The van der Waals surface area contributed by atoms with Gasteiger partial charge in [-0.1, -0.05) is 18.2 Å². The van der Waals surface area contributed by atoms with Gasteiger partial charge in [0.05, 0.1) is 7.11 Å². The molecule has 1 nitrogen and oxygen atoms in total. The lowest BCUT2D eigenvalue weighted by Gasteiger charge is -2.06. The van der Waals surface area contributed by atoms with Crippen molar-refractivity contribution in [2.75, 3.05) is 7.11 Å². The van der Waals surface area contributed by atoms with Crippen LogP contribution in [0.3, 0.4) is 0 Å². The van der Waals surface area contributed by atoms with Crippen LogP contribution in [-0.4, -0.2) is 16.6 Å². The van der Waals surface area contributed by atoms with Gasteiger partial charge in [-0.2, -0.15) is 0 Å². The van der Waals surface area contributed by atoms with E-state index in [0.717, 1.165) is 5.56 Å². The molecule has 1 aromatic carbocycles. The molecule has 0 unspecified atom stereocenters. The van der Waals surface area contributed by atoms with E-state index in [0.29, 0.717) is 12.2 Å². The van der Waals surface area contributed by atoms with Crippen molar-refractivity contribution < 1.29 is 13.0 Å². The molecule has 1 aromatic rings. The van der Waals surface area contributed by atoms with E-state index in [4.69, 9.17) is 4.74 Å². The Hall–Kier alpha value is -0.903. The minimum absolute atomic E-state index is 0.00889.